The topological polar surface area (TPSA) is 87.3 Å². The molecular formula is C24H24N4O4. The number of nitrogens with zero attached hydrogens (tertiary/aromatic N) is 3. The Morgan fingerprint density at radius 1 is 1.03 bits per heavy atom. The molecule has 0 unspecified atom stereocenters. The van der Waals surface area contributed by atoms with E-state index in [1.165, 1.54) is 11.7 Å². The van der Waals surface area contributed by atoms with Crippen LogP contribution in [0.25, 0.3) is 16.7 Å². The number of hydrogen-bond acceptors (Lipinski definition) is 4. The Kier molecular flexibility index (Phi) is 5.44. The van der Waals surface area contributed by atoms with Gasteiger partial charge in [-0.1, -0.05) is 29.8 Å². The molecule has 2 heterocycles. The van der Waals surface area contributed by atoms with Crippen molar-refractivity contribution >= 4 is 22.6 Å². The monoisotopic (exact) mass is 432 g/mol. The fourth-order valence-electron chi connectivity index (χ4n) is 3.74. The SMILES string of the molecule is COc1ccccc1NC(=O)Cn1c(=O)n(-c2ccc(C)cc2)c(=O)c2c1cc(C)n2C. The van der Waals surface area contributed by atoms with Gasteiger partial charge >= 0.3 is 5.69 Å². The van der Waals surface area contributed by atoms with E-state index in [2.05, 4.69) is 5.32 Å². The Morgan fingerprint density at radius 2 is 1.72 bits per heavy atom. The first-order chi connectivity index (χ1) is 15.3. The minimum absolute atomic E-state index is 0.261. The fraction of sp³-hybridized carbons (Fsp3) is 0.208. The number of ether oxygens (including phenoxy) is 1. The number of carbonyl (C=O) groups is 1. The van der Waals surface area contributed by atoms with Crippen molar-refractivity contribution in [1.82, 2.24) is 13.7 Å². The quantitative estimate of drug-likeness (QED) is 0.525. The van der Waals surface area contributed by atoms with E-state index in [9.17, 15) is 14.4 Å². The first-order valence-corrected chi connectivity index (χ1v) is 10.1. The van der Waals surface area contributed by atoms with E-state index in [1.54, 1.807) is 54.1 Å². The number of amides is 1. The lowest BCUT2D eigenvalue weighted by Gasteiger charge is -2.14. The second-order valence-electron chi connectivity index (χ2n) is 7.67. The molecule has 0 saturated carbocycles. The van der Waals surface area contributed by atoms with Crippen LogP contribution in [-0.4, -0.2) is 26.7 Å². The van der Waals surface area contributed by atoms with E-state index >= 15 is 0 Å². The molecule has 0 aliphatic rings. The zero-order valence-electron chi connectivity index (χ0n) is 18.4. The Balaban J connectivity index is 1.86. The van der Waals surface area contributed by atoms with Crippen molar-refractivity contribution in [2.24, 2.45) is 7.05 Å². The summed E-state index contributed by atoms with van der Waals surface area (Å²) in [6, 6.07) is 15.9. The lowest BCUT2D eigenvalue weighted by Crippen LogP contribution is -2.41. The molecule has 32 heavy (non-hydrogen) atoms. The molecule has 8 heteroatoms. The van der Waals surface area contributed by atoms with Crippen molar-refractivity contribution in [3.05, 3.63) is 86.7 Å². The van der Waals surface area contributed by atoms with Crippen molar-refractivity contribution in [2.75, 3.05) is 12.4 Å². The molecule has 0 bridgehead atoms. The number of fused-ring (bicyclic) bond motifs is 1. The maximum atomic E-state index is 13.4. The van der Waals surface area contributed by atoms with Crippen molar-refractivity contribution in [2.45, 2.75) is 20.4 Å². The van der Waals surface area contributed by atoms with Gasteiger partial charge in [0.25, 0.3) is 5.56 Å². The van der Waals surface area contributed by atoms with Crippen LogP contribution in [0, 0.1) is 13.8 Å². The molecule has 0 saturated heterocycles. The molecule has 0 aliphatic carbocycles. The molecule has 2 aromatic carbocycles. The molecule has 0 aliphatic heterocycles. The highest BCUT2D eigenvalue weighted by atomic mass is 16.5. The number of rotatable bonds is 5. The van der Waals surface area contributed by atoms with Gasteiger partial charge in [0.2, 0.25) is 5.91 Å². The van der Waals surface area contributed by atoms with Crippen molar-refractivity contribution < 1.29 is 9.53 Å². The number of anilines is 1. The molecule has 4 aromatic rings. The molecule has 0 atom stereocenters. The van der Waals surface area contributed by atoms with E-state index in [1.807, 2.05) is 26.0 Å². The Hall–Kier alpha value is -4.07. The molecule has 2 aromatic heterocycles. The molecule has 1 amide bonds. The summed E-state index contributed by atoms with van der Waals surface area (Å²) in [7, 11) is 3.28. The van der Waals surface area contributed by atoms with Gasteiger partial charge < -0.3 is 14.6 Å². The average Bonchev–Trinajstić information content (AvgIpc) is 3.07. The van der Waals surface area contributed by atoms with Crippen molar-refractivity contribution in [1.29, 1.82) is 0 Å². The molecule has 0 spiro atoms. The predicted molar refractivity (Wildman–Crippen MR) is 124 cm³/mol. The second-order valence-corrected chi connectivity index (χ2v) is 7.67. The number of nitrogens with one attached hydrogen (secondary N) is 1. The lowest BCUT2D eigenvalue weighted by molar-refractivity contribution is -0.116. The summed E-state index contributed by atoms with van der Waals surface area (Å²) < 4.78 is 9.45. The zero-order chi connectivity index (χ0) is 23.0. The van der Waals surface area contributed by atoms with Crippen LogP contribution in [0.2, 0.25) is 0 Å². The summed E-state index contributed by atoms with van der Waals surface area (Å²) in [5.41, 5.74) is 2.53. The maximum Gasteiger partial charge on any atom is 0.336 e. The number of benzene rings is 2. The third kappa shape index (κ3) is 3.60. The number of methoxy groups -OCH3 is 1. The summed E-state index contributed by atoms with van der Waals surface area (Å²) in [6.07, 6.45) is 0. The van der Waals surface area contributed by atoms with Crippen LogP contribution in [0.3, 0.4) is 0 Å². The third-order valence-electron chi connectivity index (χ3n) is 5.55. The molecule has 164 valence electrons. The predicted octanol–water partition coefficient (Wildman–Crippen LogP) is 2.76. The number of carbonyl (C=O) groups excluding carboxylic acids is 1. The van der Waals surface area contributed by atoms with E-state index in [-0.39, 0.29) is 6.54 Å². The normalized spacial score (nSPS) is 11.0. The highest BCUT2D eigenvalue weighted by molar-refractivity contribution is 5.93. The van der Waals surface area contributed by atoms with Gasteiger partial charge in [-0.2, -0.15) is 0 Å². The van der Waals surface area contributed by atoms with Crippen LogP contribution in [0.15, 0.2) is 64.2 Å². The van der Waals surface area contributed by atoms with Crippen LogP contribution in [0.4, 0.5) is 5.69 Å². The Morgan fingerprint density at radius 3 is 2.41 bits per heavy atom. The minimum Gasteiger partial charge on any atom is -0.495 e. The van der Waals surface area contributed by atoms with Gasteiger partial charge in [-0.25, -0.2) is 9.36 Å². The van der Waals surface area contributed by atoms with Gasteiger partial charge in [-0.3, -0.25) is 14.2 Å². The molecule has 8 nitrogen and oxygen atoms in total. The summed E-state index contributed by atoms with van der Waals surface area (Å²) in [4.78, 5) is 39.6. The van der Waals surface area contributed by atoms with Crippen molar-refractivity contribution in [3.8, 4) is 11.4 Å². The summed E-state index contributed by atoms with van der Waals surface area (Å²) in [5.74, 6) is 0.104. The van der Waals surface area contributed by atoms with Gasteiger partial charge in [0, 0.05) is 12.7 Å². The third-order valence-corrected chi connectivity index (χ3v) is 5.55. The number of hydrogen-bond donors (Lipinski definition) is 1. The van der Waals surface area contributed by atoms with Crippen LogP contribution in [0.1, 0.15) is 11.3 Å². The van der Waals surface area contributed by atoms with E-state index in [0.717, 1.165) is 15.8 Å². The number of aryl methyl sites for hydroxylation is 3. The number of aromatic nitrogens is 3. The van der Waals surface area contributed by atoms with Crippen LogP contribution in [0.5, 0.6) is 5.75 Å². The van der Waals surface area contributed by atoms with E-state index < -0.39 is 17.2 Å². The largest absolute Gasteiger partial charge is 0.495 e. The van der Waals surface area contributed by atoms with Gasteiger partial charge in [-0.05, 0) is 44.2 Å². The number of para-hydroxylation sites is 2. The minimum atomic E-state index is -0.577. The molecule has 0 radical (unpaired) electrons. The molecule has 0 fully saturated rings. The smallest absolute Gasteiger partial charge is 0.336 e. The lowest BCUT2D eigenvalue weighted by atomic mass is 10.2. The highest BCUT2D eigenvalue weighted by Gasteiger charge is 2.20. The summed E-state index contributed by atoms with van der Waals surface area (Å²) in [6.45, 7) is 3.51. The van der Waals surface area contributed by atoms with Gasteiger partial charge in [0.05, 0.1) is 24.0 Å². The standard InChI is InChI=1S/C24H24N4O4/c1-15-9-11-17(12-10-15)28-23(30)22-19(13-16(2)26(22)3)27(24(28)31)14-21(29)25-18-7-5-6-8-20(18)32-4/h5-13H,14H2,1-4H3,(H,25,29). The van der Waals surface area contributed by atoms with E-state index in [0.29, 0.717) is 28.2 Å². The Bertz CT molecular complexity index is 1440. The summed E-state index contributed by atoms with van der Waals surface area (Å²) >= 11 is 0. The van der Waals surface area contributed by atoms with Gasteiger partial charge in [0.1, 0.15) is 17.8 Å². The fourth-order valence-corrected chi connectivity index (χ4v) is 3.74. The summed E-state index contributed by atoms with van der Waals surface area (Å²) in [5, 5.41) is 2.79. The first kappa shape index (κ1) is 21.2. The first-order valence-electron chi connectivity index (χ1n) is 10.1. The second kappa shape index (κ2) is 8.22. The van der Waals surface area contributed by atoms with Gasteiger partial charge in [-0.15, -0.1) is 0 Å². The van der Waals surface area contributed by atoms with Crippen molar-refractivity contribution in [3.63, 3.8) is 0 Å². The highest BCUT2D eigenvalue weighted by Crippen LogP contribution is 2.23. The maximum absolute atomic E-state index is 13.4. The van der Waals surface area contributed by atoms with E-state index in [4.69, 9.17) is 4.74 Å². The molecule has 1 N–H and O–H groups in total. The average molecular weight is 432 g/mol. The van der Waals surface area contributed by atoms with Crippen LogP contribution in [-0.2, 0) is 18.4 Å². The zero-order valence-corrected chi connectivity index (χ0v) is 18.4. The van der Waals surface area contributed by atoms with Crippen LogP contribution < -0.4 is 21.3 Å². The molecular weight excluding hydrogens is 408 g/mol. The van der Waals surface area contributed by atoms with Crippen LogP contribution >= 0.6 is 0 Å². The van der Waals surface area contributed by atoms with Gasteiger partial charge in [0.15, 0.2) is 0 Å². The molecule has 4 rings (SSSR count). The Labute approximate surface area is 184 Å².